The summed E-state index contributed by atoms with van der Waals surface area (Å²) in [7, 11) is 0. The first-order chi connectivity index (χ1) is 9.28. The number of hydrogen-bond acceptors (Lipinski definition) is 4. The molecule has 0 amide bonds. The first kappa shape index (κ1) is 12.2. The topological polar surface area (TPSA) is 44.1 Å². The number of nitrogens with zero attached hydrogens (tertiary/aromatic N) is 2. The van der Waals surface area contributed by atoms with E-state index in [1.165, 1.54) is 11.8 Å². The SMILES string of the molecule is O=C1CSc2nc(-c3cccc(OCCF)c3)cn21. The van der Waals surface area contributed by atoms with Gasteiger partial charge in [-0.25, -0.2) is 9.37 Å². The molecule has 0 bridgehead atoms. The molecule has 0 aliphatic carbocycles. The number of fused-ring (bicyclic) bond motifs is 1. The van der Waals surface area contributed by atoms with E-state index in [1.54, 1.807) is 22.9 Å². The van der Waals surface area contributed by atoms with Crippen LogP contribution in [0.1, 0.15) is 4.79 Å². The van der Waals surface area contributed by atoms with E-state index in [9.17, 15) is 9.18 Å². The second kappa shape index (κ2) is 5.05. The van der Waals surface area contributed by atoms with E-state index in [2.05, 4.69) is 4.98 Å². The molecule has 1 aromatic heterocycles. The highest BCUT2D eigenvalue weighted by Gasteiger charge is 2.22. The summed E-state index contributed by atoms with van der Waals surface area (Å²) in [6, 6.07) is 7.27. The molecule has 4 nitrogen and oxygen atoms in total. The van der Waals surface area contributed by atoms with Crippen molar-refractivity contribution in [1.82, 2.24) is 9.55 Å². The third-order valence-electron chi connectivity index (χ3n) is 2.74. The van der Waals surface area contributed by atoms with Gasteiger partial charge >= 0.3 is 0 Å². The Kier molecular flexibility index (Phi) is 3.25. The van der Waals surface area contributed by atoms with Crippen molar-refractivity contribution < 1.29 is 13.9 Å². The number of thioether (sulfide) groups is 1. The van der Waals surface area contributed by atoms with Gasteiger partial charge in [0.2, 0.25) is 5.91 Å². The lowest BCUT2D eigenvalue weighted by molar-refractivity contribution is 0.0939. The highest BCUT2D eigenvalue weighted by atomic mass is 32.2. The minimum Gasteiger partial charge on any atom is -0.491 e. The molecule has 0 N–H and O–H groups in total. The van der Waals surface area contributed by atoms with Gasteiger partial charge in [0, 0.05) is 11.8 Å². The average molecular weight is 278 g/mol. The number of hydrogen-bond donors (Lipinski definition) is 0. The Morgan fingerprint density at radius 1 is 1.47 bits per heavy atom. The van der Waals surface area contributed by atoms with E-state index in [1.807, 2.05) is 12.1 Å². The summed E-state index contributed by atoms with van der Waals surface area (Å²) in [6.07, 6.45) is 1.73. The van der Waals surface area contributed by atoms with E-state index < -0.39 is 6.67 Å². The monoisotopic (exact) mass is 278 g/mol. The van der Waals surface area contributed by atoms with Gasteiger partial charge in [-0.3, -0.25) is 9.36 Å². The molecular formula is C13H11FN2O2S. The Morgan fingerprint density at radius 3 is 3.16 bits per heavy atom. The number of aromatic nitrogens is 2. The zero-order chi connectivity index (χ0) is 13.2. The average Bonchev–Trinajstić information content (AvgIpc) is 3.00. The summed E-state index contributed by atoms with van der Waals surface area (Å²) < 4.78 is 18.9. The van der Waals surface area contributed by atoms with Crippen LogP contribution in [0.3, 0.4) is 0 Å². The van der Waals surface area contributed by atoms with Crippen LogP contribution in [0.15, 0.2) is 35.6 Å². The number of carbonyl (C=O) groups is 1. The molecule has 0 saturated heterocycles. The molecule has 0 unspecified atom stereocenters. The van der Waals surface area contributed by atoms with Crippen molar-refractivity contribution in [2.75, 3.05) is 19.0 Å². The van der Waals surface area contributed by atoms with Gasteiger partial charge in [0.1, 0.15) is 19.0 Å². The molecule has 19 heavy (non-hydrogen) atoms. The molecule has 0 fully saturated rings. The Morgan fingerprint density at radius 2 is 2.37 bits per heavy atom. The van der Waals surface area contributed by atoms with E-state index in [-0.39, 0.29) is 12.5 Å². The second-order valence-corrected chi connectivity index (χ2v) is 4.97. The largest absolute Gasteiger partial charge is 0.491 e. The molecule has 0 radical (unpaired) electrons. The maximum atomic E-state index is 12.1. The van der Waals surface area contributed by atoms with Crippen LogP contribution in [0.2, 0.25) is 0 Å². The van der Waals surface area contributed by atoms with Gasteiger partial charge in [0.15, 0.2) is 5.16 Å². The highest BCUT2D eigenvalue weighted by Crippen LogP contribution is 2.30. The molecule has 98 valence electrons. The fraction of sp³-hybridized carbons (Fsp3) is 0.231. The lowest BCUT2D eigenvalue weighted by atomic mass is 10.1. The zero-order valence-corrected chi connectivity index (χ0v) is 10.8. The van der Waals surface area contributed by atoms with Crippen LogP contribution in [0, 0.1) is 0 Å². The van der Waals surface area contributed by atoms with Crippen molar-refractivity contribution in [3.05, 3.63) is 30.5 Å². The predicted octanol–water partition coefficient (Wildman–Crippen LogP) is 2.64. The summed E-state index contributed by atoms with van der Waals surface area (Å²) >= 11 is 1.43. The Labute approximate surface area is 113 Å². The van der Waals surface area contributed by atoms with Crippen molar-refractivity contribution in [2.24, 2.45) is 0 Å². The summed E-state index contributed by atoms with van der Waals surface area (Å²) in [6.45, 7) is -0.481. The van der Waals surface area contributed by atoms with Crippen molar-refractivity contribution in [1.29, 1.82) is 0 Å². The number of rotatable bonds is 4. The lowest BCUT2D eigenvalue weighted by Crippen LogP contribution is -2.04. The Hall–Kier alpha value is -1.82. The van der Waals surface area contributed by atoms with Gasteiger partial charge in [-0.05, 0) is 12.1 Å². The number of benzene rings is 1. The second-order valence-electron chi connectivity index (χ2n) is 4.03. The van der Waals surface area contributed by atoms with Crippen molar-refractivity contribution in [3.8, 4) is 17.0 Å². The quantitative estimate of drug-likeness (QED) is 0.862. The van der Waals surface area contributed by atoms with Crippen LogP contribution in [0.4, 0.5) is 4.39 Å². The Balaban J connectivity index is 1.90. The number of ether oxygens (including phenoxy) is 1. The molecule has 1 aromatic carbocycles. The maximum Gasteiger partial charge on any atom is 0.243 e. The lowest BCUT2D eigenvalue weighted by Gasteiger charge is -2.04. The normalized spacial score (nSPS) is 13.6. The summed E-state index contributed by atoms with van der Waals surface area (Å²) in [5, 5.41) is 0.718. The molecule has 3 rings (SSSR count). The minimum absolute atomic E-state index is 0.0392. The van der Waals surface area contributed by atoms with Crippen LogP contribution >= 0.6 is 11.8 Å². The van der Waals surface area contributed by atoms with Crippen LogP contribution in [0.5, 0.6) is 5.75 Å². The summed E-state index contributed by atoms with van der Waals surface area (Å²) in [5.74, 6) is 1.09. The Bertz CT molecular complexity index is 627. The molecule has 0 spiro atoms. The number of carbonyl (C=O) groups excluding carboxylic acids is 1. The first-order valence-corrected chi connectivity index (χ1v) is 6.81. The number of imidazole rings is 1. The van der Waals surface area contributed by atoms with E-state index in [4.69, 9.17) is 4.74 Å². The van der Waals surface area contributed by atoms with Crippen molar-refractivity contribution >= 4 is 17.7 Å². The number of alkyl halides is 1. The van der Waals surface area contributed by atoms with Crippen LogP contribution < -0.4 is 4.74 Å². The van der Waals surface area contributed by atoms with Crippen LogP contribution in [0.25, 0.3) is 11.3 Å². The highest BCUT2D eigenvalue weighted by molar-refractivity contribution is 8.00. The van der Waals surface area contributed by atoms with Gasteiger partial charge in [-0.15, -0.1) is 0 Å². The van der Waals surface area contributed by atoms with Gasteiger partial charge in [-0.1, -0.05) is 23.9 Å². The molecule has 0 saturated carbocycles. The molecule has 2 aromatic rings. The van der Waals surface area contributed by atoms with Gasteiger partial charge in [-0.2, -0.15) is 0 Å². The molecular weight excluding hydrogens is 267 g/mol. The zero-order valence-electron chi connectivity index (χ0n) is 10.0. The summed E-state index contributed by atoms with van der Waals surface area (Å²) in [4.78, 5) is 16.0. The third kappa shape index (κ3) is 2.35. The van der Waals surface area contributed by atoms with Gasteiger partial charge in [0.05, 0.1) is 11.4 Å². The predicted molar refractivity (Wildman–Crippen MR) is 70.5 cm³/mol. The third-order valence-corrected chi connectivity index (χ3v) is 3.68. The van der Waals surface area contributed by atoms with Crippen LogP contribution in [-0.4, -0.2) is 34.5 Å². The fourth-order valence-corrected chi connectivity index (χ4v) is 2.73. The molecule has 1 aliphatic rings. The summed E-state index contributed by atoms with van der Waals surface area (Å²) in [5.41, 5.74) is 1.58. The number of halogens is 1. The van der Waals surface area contributed by atoms with Crippen LogP contribution in [-0.2, 0) is 0 Å². The minimum atomic E-state index is -0.520. The van der Waals surface area contributed by atoms with E-state index in [0.29, 0.717) is 11.5 Å². The molecule has 0 atom stereocenters. The molecule has 6 heteroatoms. The fourth-order valence-electron chi connectivity index (χ4n) is 1.88. The van der Waals surface area contributed by atoms with E-state index in [0.717, 1.165) is 16.4 Å². The smallest absolute Gasteiger partial charge is 0.243 e. The maximum absolute atomic E-state index is 12.1. The van der Waals surface area contributed by atoms with Crippen molar-refractivity contribution in [2.45, 2.75) is 5.16 Å². The van der Waals surface area contributed by atoms with Gasteiger partial charge in [0.25, 0.3) is 0 Å². The molecule has 1 aliphatic heterocycles. The van der Waals surface area contributed by atoms with Gasteiger partial charge < -0.3 is 4.74 Å². The van der Waals surface area contributed by atoms with E-state index >= 15 is 0 Å². The standard InChI is InChI=1S/C13H11FN2O2S/c14-4-5-18-10-3-1-2-9(6-10)11-7-16-12(17)8-19-13(16)15-11/h1-3,6-7H,4-5,8H2. The molecule has 2 heterocycles. The van der Waals surface area contributed by atoms with Crippen molar-refractivity contribution in [3.63, 3.8) is 0 Å². The first-order valence-electron chi connectivity index (χ1n) is 5.82.